The van der Waals surface area contributed by atoms with Gasteiger partial charge in [0.15, 0.2) is 6.10 Å². The molecule has 0 aromatic heterocycles. The lowest BCUT2D eigenvalue weighted by atomic mass is 10.1. The van der Waals surface area contributed by atoms with Crippen LogP contribution in [0.15, 0.2) is 0 Å². The molecule has 0 N–H and O–H groups in total. The van der Waals surface area contributed by atoms with E-state index in [0.29, 0.717) is 17.4 Å². The minimum atomic E-state index is -0.538. The molecular weight excluding hydrogens is 402 g/mol. The number of quaternary nitrogens is 1. The standard InChI is InChI=1S/C19H34NO6S2/c1-15(21)26-16(14-20(2,3)4)13-19(23)25-11-10-24-18(22)8-6-5-7-17-9-12-27-28-17/h16-17H,5-14H2,1-4H3/q+1/t16-,17?/m1/s1. The Morgan fingerprint density at radius 1 is 1.07 bits per heavy atom. The van der Waals surface area contributed by atoms with Gasteiger partial charge in [0.1, 0.15) is 19.8 Å². The lowest BCUT2D eigenvalue weighted by molar-refractivity contribution is -0.873. The second-order valence-electron chi connectivity index (χ2n) is 7.92. The van der Waals surface area contributed by atoms with Crippen LogP contribution in [0.4, 0.5) is 0 Å². The van der Waals surface area contributed by atoms with E-state index >= 15 is 0 Å². The Bertz CT molecular complexity index is 503. The van der Waals surface area contributed by atoms with Gasteiger partial charge in [-0.1, -0.05) is 28.0 Å². The van der Waals surface area contributed by atoms with Gasteiger partial charge in [-0.15, -0.1) is 0 Å². The van der Waals surface area contributed by atoms with Crippen molar-refractivity contribution in [3.05, 3.63) is 0 Å². The van der Waals surface area contributed by atoms with E-state index in [1.165, 1.54) is 19.1 Å². The minimum absolute atomic E-state index is 0.0116. The molecule has 1 aliphatic rings. The molecule has 1 rings (SSSR count). The summed E-state index contributed by atoms with van der Waals surface area (Å²) in [7, 11) is 9.74. The van der Waals surface area contributed by atoms with Gasteiger partial charge in [0, 0.05) is 24.3 Å². The zero-order chi connectivity index (χ0) is 21.0. The number of carbonyl (C=O) groups excluding carboxylic acids is 3. The molecule has 0 amide bonds. The topological polar surface area (TPSA) is 78.9 Å². The van der Waals surface area contributed by atoms with E-state index in [9.17, 15) is 14.4 Å². The summed E-state index contributed by atoms with van der Waals surface area (Å²) in [5.41, 5.74) is 0. The van der Waals surface area contributed by atoms with Gasteiger partial charge in [-0.25, -0.2) is 0 Å². The molecule has 0 bridgehead atoms. The zero-order valence-corrected chi connectivity index (χ0v) is 19.1. The first-order valence-electron chi connectivity index (χ1n) is 9.73. The molecule has 1 aliphatic heterocycles. The number of hydrogen-bond donors (Lipinski definition) is 0. The first-order chi connectivity index (χ1) is 13.2. The van der Waals surface area contributed by atoms with E-state index < -0.39 is 18.0 Å². The Hall–Kier alpha value is -0.930. The highest BCUT2D eigenvalue weighted by atomic mass is 33.1. The van der Waals surface area contributed by atoms with Gasteiger partial charge in [0.2, 0.25) is 0 Å². The summed E-state index contributed by atoms with van der Waals surface area (Å²) in [5.74, 6) is 0.0769. The Kier molecular flexibility index (Phi) is 11.9. The van der Waals surface area contributed by atoms with E-state index in [1.54, 1.807) is 0 Å². The van der Waals surface area contributed by atoms with Crippen molar-refractivity contribution in [2.24, 2.45) is 0 Å². The van der Waals surface area contributed by atoms with Gasteiger partial charge >= 0.3 is 17.9 Å². The normalized spacial score (nSPS) is 17.8. The molecular formula is C19H34NO6S2+. The molecule has 1 unspecified atom stereocenters. The van der Waals surface area contributed by atoms with Crippen LogP contribution in [0.25, 0.3) is 0 Å². The van der Waals surface area contributed by atoms with Crippen LogP contribution < -0.4 is 0 Å². The third kappa shape index (κ3) is 13.3. The maximum absolute atomic E-state index is 11.9. The van der Waals surface area contributed by atoms with E-state index in [0.717, 1.165) is 24.5 Å². The number of unbranched alkanes of at least 4 members (excludes halogenated alkanes) is 1. The van der Waals surface area contributed by atoms with Crippen molar-refractivity contribution in [1.82, 2.24) is 0 Å². The zero-order valence-electron chi connectivity index (χ0n) is 17.4. The lowest BCUT2D eigenvalue weighted by Gasteiger charge is -2.28. The van der Waals surface area contributed by atoms with Crippen molar-refractivity contribution < 1.29 is 33.1 Å². The molecule has 0 saturated carbocycles. The number of ether oxygens (including phenoxy) is 3. The van der Waals surface area contributed by atoms with E-state index in [2.05, 4.69) is 0 Å². The Morgan fingerprint density at radius 3 is 2.32 bits per heavy atom. The van der Waals surface area contributed by atoms with Crippen LogP contribution in [0, 0.1) is 0 Å². The minimum Gasteiger partial charge on any atom is -0.462 e. The van der Waals surface area contributed by atoms with Crippen LogP contribution in [0.3, 0.4) is 0 Å². The maximum atomic E-state index is 11.9. The van der Waals surface area contributed by atoms with Crippen LogP contribution in [0.2, 0.25) is 0 Å². The molecule has 1 fully saturated rings. The summed E-state index contributed by atoms with van der Waals surface area (Å²) in [4.78, 5) is 34.8. The predicted octanol–water partition coefficient (Wildman–Crippen LogP) is 2.81. The summed E-state index contributed by atoms with van der Waals surface area (Å²) in [6, 6.07) is 0. The number of carbonyl (C=O) groups is 3. The van der Waals surface area contributed by atoms with Crippen molar-refractivity contribution in [2.45, 2.75) is 56.8 Å². The summed E-state index contributed by atoms with van der Waals surface area (Å²) in [6.45, 7) is 1.88. The first kappa shape index (κ1) is 25.1. The first-order valence-corrected chi connectivity index (χ1v) is 12.1. The molecule has 2 atom stereocenters. The van der Waals surface area contributed by atoms with Gasteiger partial charge < -0.3 is 18.7 Å². The van der Waals surface area contributed by atoms with Crippen LogP contribution in [-0.2, 0) is 28.6 Å². The fourth-order valence-corrected chi connectivity index (χ4v) is 5.85. The largest absolute Gasteiger partial charge is 0.462 e. The monoisotopic (exact) mass is 436 g/mol. The highest BCUT2D eigenvalue weighted by Crippen LogP contribution is 2.39. The molecule has 1 heterocycles. The van der Waals surface area contributed by atoms with E-state index in [1.807, 2.05) is 42.7 Å². The fraction of sp³-hybridized carbons (Fsp3) is 0.842. The Morgan fingerprint density at radius 2 is 1.75 bits per heavy atom. The number of nitrogens with zero attached hydrogens (tertiary/aromatic N) is 1. The van der Waals surface area contributed by atoms with Gasteiger partial charge in [0.05, 0.1) is 27.6 Å². The second-order valence-corrected chi connectivity index (χ2v) is 10.7. The molecule has 28 heavy (non-hydrogen) atoms. The smallest absolute Gasteiger partial charge is 0.309 e. The molecule has 9 heteroatoms. The van der Waals surface area contributed by atoms with E-state index in [4.69, 9.17) is 14.2 Å². The van der Waals surface area contributed by atoms with Gasteiger partial charge in [-0.05, 0) is 19.3 Å². The van der Waals surface area contributed by atoms with Crippen molar-refractivity contribution in [3.63, 3.8) is 0 Å². The maximum Gasteiger partial charge on any atom is 0.309 e. The van der Waals surface area contributed by atoms with Gasteiger partial charge in [-0.3, -0.25) is 14.4 Å². The quantitative estimate of drug-likeness (QED) is 0.143. The molecule has 0 aromatic carbocycles. The molecule has 7 nitrogen and oxygen atoms in total. The van der Waals surface area contributed by atoms with E-state index in [-0.39, 0.29) is 25.6 Å². The Balaban J connectivity index is 2.11. The van der Waals surface area contributed by atoms with Crippen molar-refractivity contribution in [1.29, 1.82) is 0 Å². The van der Waals surface area contributed by atoms with Crippen molar-refractivity contribution in [3.8, 4) is 0 Å². The predicted molar refractivity (Wildman–Crippen MR) is 112 cm³/mol. The number of hydrogen-bond acceptors (Lipinski definition) is 8. The fourth-order valence-electron chi connectivity index (χ4n) is 2.82. The van der Waals surface area contributed by atoms with Crippen LogP contribution in [-0.4, -0.2) is 80.4 Å². The summed E-state index contributed by atoms with van der Waals surface area (Å²) < 4.78 is 15.9. The molecule has 0 radical (unpaired) electrons. The van der Waals surface area contributed by atoms with Crippen LogP contribution in [0.1, 0.15) is 45.4 Å². The molecule has 0 aromatic rings. The second kappa shape index (κ2) is 13.3. The third-order valence-corrected chi connectivity index (χ3v) is 6.98. The lowest BCUT2D eigenvalue weighted by Crippen LogP contribution is -2.43. The summed E-state index contributed by atoms with van der Waals surface area (Å²) >= 11 is 0. The average Bonchev–Trinajstić information content (AvgIpc) is 3.06. The van der Waals surface area contributed by atoms with Crippen molar-refractivity contribution >= 4 is 39.5 Å². The van der Waals surface area contributed by atoms with Gasteiger partial charge in [-0.2, -0.15) is 0 Å². The van der Waals surface area contributed by atoms with Gasteiger partial charge in [0.25, 0.3) is 0 Å². The number of rotatable bonds is 13. The summed E-state index contributed by atoms with van der Waals surface area (Å²) in [5, 5.41) is 0.730. The Labute approximate surface area is 176 Å². The molecule has 0 aliphatic carbocycles. The molecule has 162 valence electrons. The highest BCUT2D eigenvalue weighted by Gasteiger charge is 2.24. The van der Waals surface area contributed by atoms with Crippen LogP contribution >= 0.6 is 21.6 Å². The average molecular weight is 437 g/mol. The summed E-state index contributed by atoms with van der Waals surface area (Å²) in [6.07, 6.45) is 4.12. The van der Waals surface area contributed by atoms with Crippen LogP contribution in [0.5, 0.6) is 0 Å². The highest BCUT2D eigenvalue weighted by molar-refractivity contribution is 8.77. The SMILES string of the molecule is CC(=O)O[C@H](CC(=O)OCCOC(=O)CCCCC1CCSS1)C[N+](C)(C)C. The molecule has 1 saturated heterocycles. The van der Waals surface area contributed by atoms with Crippen molar-refractivity contribution in [2.75, 3.05) is 46.7 Å². The number of esters is 3. The third-order valence-electron chi connectivity index (χ3n) is 3.97. The number of likely N-dealkylation sites (N-methyl/N-ethyl adjacent to an activating group) is 1. The molecule has 0 spiro atoms.